The third-order valence-corrected chi connectivity index (χ3v) is 1.91. The van der Waals surface area contributed by atoms with Gasteiger partial charge >= 0.3 is 0 Å². The van der Waals surface area contributed by atoms with Gasteiger partial charge in [-0.05, 0) is 5.56 Å². The molecule has 0 heterocycles. The van der Waals surface area contributed by atoms with Gasteiger partial charge in [-0.3, -0.25) is 4.79 Å². The maximum atomic E-state index is 10.7. The van der Waals surface area contributed by atoms with Crippen molar-refractivity contribution in [3.8, 4) is 0 Å². The second-order valence-electron chi connectivity index (χ2n) is 2.64. The largest absolute Gasteiger partial charge is 0.374 e. The molecule has 0 fully saturated rings. The lowest BCUT2D eigenvalue weighted by Gasteiger charge is -2.13. The molecule has 0 amide bonds. The molecule has 1 aromatic rings. The van der Waals surface area contributed by atoms with E-state index in [2.05, 4.69) is 0 Å². The number of carbonyl (C=O) groups is 1. The summed E-state index contributed by atoms with van der Waals surface area (Å²) in [6.07, 6.45) is 0.207. The molecule has 0 aliphatic rings. The topological polar surface area (TPSA) is 46.2 Å². The number of aldehydes is 1. The Kier molecular flexibility index (Phi) is 3.61. The van der Waals surface area contributed by atoms with Crippen LogP contribution in [0.2, 0.25) is 0 Å². The molecule has 0 saturated heterocycles. The van der Waals surface area contributed by atoms with E-state index in [0.717, 1.165) is 6.29 Å². The van der Waals surface area contributed by atoms with Crippen LogP contribution in [0.3, 0.4) is 0 Å². The van der Waals surface area contributed by atoms with Gasteiger partial charge in [0.05, 0.1) is 0 Å². The van der Waals surface area contributed by atoms with Crippen LogP contribution in [0.4, 0.5) is 0 Å². The Labute approximate surface area is 77.0 Å². The van der Waals surface area contributed by atoms with Gasteiger partial charge in [0.15, 0.2) is 0 Å². The van der Waals surface area contributed by atoms with Gasteiger partial charge in [0.1, 0.15) is 19.0 Å². The van der Waals surface area contributed by atoms with E-state index in [0.29, 0.717) is 11.1 Å². The van der Waals surface area contributed by atoms with Crippen molar-refractivity contribution in [1.82, 2.24) is 0 Å². The van der Waals surface area contributed by atoms with Crippen molar-refractivity contribution in [3.63, 3.8) is 0 Å². The van der Waals surface area contributed by atoms with Crippen LogP contribution in [0.15, 0.2) is 24.3 Å². The highest BCUT2D eigenvalue weighted by molar-refractivity contribution is 5.77. The first-order valence-electron chi connectivity index (χ1n) is 3.98. The van der Waals surface area contributed by atoms with Crippen LogP contribution in [-0.4, -0.2) is 20.0 Å². The molecule has 3 heteroatoms. The molecule has 13 heavy (non-hydrogen) atoms. The Bertz CT molecular complexity index is 279. The molecule has 1 radical (unpaired) electrons. The standard InChI is InChI=1S/C10H11O3/c1-13-10(7-12)9-5-3-2-4-8(9)6-11/h2-6,10H,7H2,1H3. The number of ether oxygens (including phenoxy) is 1. The molecule has 1 aromatic carbocycles. The molecule has 0 saturated carbocycles. The molecule has 3 nitrogen and oxygen atoms in total. The Balaban J connectivity index is 3.03. The average Bonchev–Trinajstić information content (AvgIpc) is 2.20. The number of methoxy groups -OCH3 is 1. The van der Waals surface area contributed by atoms with Crippen molar-refractivity contribution in [2.75, 3.05) is 13.7 Å². The summed E-state index contributed by atoms with van der Waals surface area (Å²) in [4.78, 5) is 10.6. The quantitative estimate of drug-likeness (QED) is 0.659. The number of hydrogen-bond acceptors (Lipinski definition) is 2. The third kappa shape index (κ3) is 2.14. The van der Waals surface area contributed by atoms with E-state index in [4.69, 9.17) is 4.74 Å². The zero-order chi connectivity index (χ0) is 9.68. The zero-order valence-corrected chi connectivity index (χ0v) is 7.40. The molecular weight excluding hydrogens is 168 g/mol. The van der Waals surface area contributed by atoms with Gasteiger partial charge in [0.2, 0.25) is 0 Å². The Morgan fingerprint density at radius 1 is 1.46 bits per heavy atom. The predicted octanol–water partition coefficient (Wildman–Crippen LogP) is 1.62. The molecule has 0 spiro atoms. The smallest absolute Gasteiger partial charge is 0.150 e. The summed E-state index contributed by atoms with van der Waals surface area (Å²) in [6, 6.07) is 6.94. The maximum absolute atomic E-state index is 10.7. The van der Waals surface area contributed by atoms with E-state index < -0.39 is 6.10 Å². The summed E-state index contributed by atoms with van der Waals surface area (Å²) >= 11 is 0. The van der Waals surface area contributed by atoms with E-state index in [9.17, 15) is 9.90 Å². The number of benzene rings is 1. The zero-order valence-electron chi connectivity index (χ0n) is 7.40. The van der Waals surface area contributed by atoms with Crippen LogP contribution in [0.5, 0.6) is 0 Å². The van der Waals surface area contributed by atoms with Crippen molar-refractivity contribution >= 4 is 6.29 Å². The first-order valence-corrected chi connectivity index (χ1v) is 3.98. The summed E-state index contributed by atoms with van der Waals surface area (Å²) in [7, 11) is 1.46. The lowest BCUT2D eigenvalue weighted by Crippen LogP contribution is -2.07. The van der Waals surface area contributed by atoms with Gasteiger partial charge in [0, 0.05) is 12.7 Å². The minimum Gasteiger partial charge on any atom is -0.374 e. The number of hydrogen-bond donors (Lipinski definition) is 0. The van der Waals surface area contributed by atoms with Gasteiger partial charge in [-0.2, -0.15) is 0 Å². The highest BCUT2D eigenvalue weighted by Gasteiger charge is 2.12. The van der Waals surface area contributed by atoms with Crippen LogP contribution >= 0.6 is 0 Å². The molecule has 0 aromatic heterocycles. The summed E-state index contributed by atoms with van der Waals surface area (Å²) in [5.74, 6) is 0. The van der Waals surface area contributed by atoms with Gasteiger partial charge < -0.3 is 4.74 Å². The average molecular weight is 179 g/mol. The Morgan fingerprint density at radius 2 is 2.15 bits per heavy atom. The van der Waals surface area contributed by atoms with Crippen LogP contribution in [0.1, 0.15) is 22.0 Å². The van der Waals surface area contributed by atoms with Gasteiger partial charge in [-0.25, -0.2) is 5.11 Å². The molecule has 0 aliphatic heterocycles. The molecule has 1 atom stereocenters. The monoisotopic (exact) mass is 179 g/mol. The summed E-state index contributed by atoms with van der Waals surface area (Å²) in [6.45, 7) is -0.374. The van der Waals surface area contributed by atoms with Crippen molar-refractivity contribution in [2.45, 2.75) is 6.10 Å². The molecule has 0 aliphatic carbocycles. The SMILES string of the molecule is COC(C[O])c1ccccc1C=O. The first kappa shape index (κ1) is 9.89. The molecule has 1 unspecified atom stereocenters. The van der Waals surface area contributed by atoms with Crippen molar-refractivity contribution in [2.24, 2.45) is 0 Å². The fourth-order valence-electron chi connectivity index (χ4n) is 1.20. The van der Waals surface area contributed by atoms with Crippen LogP contribution < -0.4 is 0 Å². The molecule has 0 bridgehead atoms. The van der Waals surface area contributed by atoms with Gasteiger partial charge in [0.25, 0.3) is 0 Å². The Hall–Kier alpha value is -1.19. The van der Waals surface area contributed by atoms with E-state index in [-0.39, 0.29) is 6.61 Å². The second-order valence-corrected chi connectivity index (χ2v) is 2.64. The minimum atomic E-state index is -0.526. The number of rotatable bonds is 4. The van der Waals surface area contributed by atoms with E-state index >= 15 is 0 Å². The Morgan fingerprint density at radius 3 is 2.69 bits per heavy atom. The highest BCUT2D eigenvalue weighted by atomic mass is 16.5. The summed E-state index contributed by atoms with van der Waals surface area (Å²) in [5, 5.41) is 10.7. The highest BCUT2D eigenvalue weighted by Crippen LogP contribution is 2.18. The molecular formula is C10H11O3. The predicted molar refractivity (Wildman–Crippen MR) is 47.1 cm³/mol. The second kappa shape index (κ2) is 4.74. The van der Waals surface area contributed by atoms with E-state index in [1.54, 1.807) is 24.3 Å². The lowest BCUT2D eigenvalue weighted by atomic mass is 10.0. The van der Waals surface area contributed by atoms with Crippen molar-refractivity contribution < 1.29 is 14.6 Å². The lowest BCUT2D eigenvalue weighted by molar-refractivity contribution is 0.0191. The van der Waals surface area contributed by atoms with E-state index in [1.165, 1.54) is 7.11 Å². The summed E-state index contributed by atoms with van der Waals surface area (Å²) < 4.78 is 4.96. The van der Waals surface area contributed by atoms with Crippen LogP contribution in [-0.2, 0) is 9.84 Å². The minimum absolute atomic E-state index is 0.374. The molecule has 69 valence electrons. The number of carbonyl (C=O) groups excluding carboxylic acids is 1. The van der Waals surface area contributed by atoms with Crippen molar-refractivity contribution in [1.29, 1.82) is 0 Å². The fraction of sp³-hybridized carbons (Fsp3) is 0.300. The third-order valence-electron chi connectivity index (χ3n) is 1.91. The van der Waals surface area contributed by atoms with Crippen LogP contribution in [0.25, 0.3) is 0 Å². The van der Waals surface area contributed by atoms with E-state index in [1.807, 2.05) is 0 Å². The first-order chi connectivity index (χ1) is 6.33. The molecule has 0 N–H and O–H groups in total. The van der Waals surface area contributed by atoms with Gasteiger partial charge in [-0.1, -0.05) is 24.3 Å². The van der Waals surface area contributed by atoms with Crippen LogP contribution in [0, 0.1) is 0 Å². The molecule has 1 rings (SSSR count). The van der Waals surface area contributed by atoms with Gasteiger partial charge in [-0.15, -0.1) is 0 Å². The maximum Gasteiger partial charge on any atom is 0.150 e. The normalized spacial score (nSPS) is 12.5. The van der Waals surface area contributed by atoms with Crippen molar-refractivity contribution in [3.05, 3.63) is 35.4 Å². The fourth-order valence-corrected chi connectivity index (χ4v) is 1.20. The summed E-state index contributed by atoms with van der Waals surface area (Å²) in [5.41, 5.74) is 1.18.